The third kappa shape index (κ3) is 1.80. The normalized spacial score (nSPS) is 9.64. The van der Waals surface area contributed by atoms with Crippen LogP contribution in [0.2, 0.25) is 0 Å². The lowest BCUT2D eigenvalue weighted by atomic mass is 10.4. The Labute approximate surface area is 64.8 Å². The standard InChI is InChI=1S/C7H10N2O2/c1-9(2)7-8-6(3-4-10)5-11-7/h4-5H,3H2,1-2H3. The fraction of sp³-hybridized carbons (Fsp3) is 0.429. The largest absolute Gasteiger partial charge is 0.432 e. The van der Waals surface area contributed by atoms with Crippen molar-refractivity contribution in [2.45, 2.75) is 6.42 Å². The number of carbonyl (C=O) groups is 1. The third-order valence-corrected chi connectivity index (χ3v) is 1.21. The molecule has 0 aliphatic carbocycles. The van der Waals surface area contributed by atoms with E-state index in [0.29, 0.717) is 18.1 Å². The molecule has 11 heavy (non-hydrogen) atoms. The van der Waals surface area contributed by atoms with Crippen molar-refractivity contribution in [3.8, 4) is 0 Å². The number of rotatable bonds is 3. The maximum Gasteiger partial charge on any atom is 0.296 e. The third-order valence-electron chi connectivity index (χ3n) is 1.21. The Morgan fingerprint density at radius 2 is 2.45 bits per heavy atom. The molecule has 0 atom stereocenters. The molecular weight excluding hydrogens is 144 g/mol. The molecule has 0 bridgehead atoms. The zero-order chi connectivity index (χ0) is 8.27. The van der Waals surface area contributed by atoms with Crippen LogP contribution in [0, 0.1) is 0 Å². The summed E-state index contributed by atoms with van der Waals surface area (Å²) in [7, 11) is 3.66. The Hall–Kier alpha value is -1.32. The lowest BCUT2D eigenvalue weighted by molar-refractivity contribution is -0.107. The number of nitrogens with zero attached hydrogens (tertiary/aromatic N) is 2. The van der Waals surface area contributed by atoms with E-state index >= 15 is 0 Å². The summed E-state index contributed by atoms with van der Waals surface area (Å²) in [5, 5.41) is 0. The minimum Gasteiger partial charge on any atom is -0.432 e. The van der Waals surface area contributed by atoms with Crippen LogP contribution in [0.1, 0.15) is 5.69 Å². The maximum atomic E-state index is 10.1. The maximum absolute atomic E-state index is 10.1. The minimum atomic E-state index is 0.317. The molecule has 0 aromatic carbocycles. The van der Waals surface area contributed by atoms with Crippen LogP contribution in [0.3, 0.4) is 0 Å². The van der Waals surface area contributed by atoms with Gasteiger partial charge in [-0.3, -0.25) is 0 Å². The molecule has 0 aliphatic rings. The molecule has 60 valence electrons. The fourth-order valence-electron chi connectivity index (χ4n) is 0.681. The lowest BCUT2D eigenvalue weighted by Crippen LogP contribution is -2.08. The van der Waals surface area contributed by atoms with Crippen molar-refractivity contribution in [2.75, 3.05) is 19.0 Å². The molecule has 4 nitrogen and oxygen atoms in total. The fourth-order valence-corrected chi connectivity index (χ4v) is 0.681. The second-order valence-electron chi connectivity index (χ2n) is 2.39. The first-order valence-electron chi connectivity index (χ1n) is 3.29. The quantitative estimate of drug-likeness (QED) is 0.594. The van der Waals surface area contributed by atoms with E-state index in [1.54, 1.807) is 4.90 Å². The highest BCUT2D eigenvalue weighted by Gasteiger charge is 2.03. The summed E-state index contributed by atoms with van der Waals surface area (Å²) in [6, 6.07) is 0.529. The zero-order valence-corrected chi connectivity index (χ0v) is 6.57. The highest BCUT2D eigenvalue weighted by atomic mass is 16.4. The van der Waals surface area contributed by atoms with Crippen molar-refractivity contribution in [3.63, 3.8) is 0 Å². The number of aromatic nitrogens is 1. The van der Waals surface area contributed by atoms with Gasteiger partial charge in [-0.05, 0) is 0 Å². The first kappa shape index (κ1) is 7.78. The second-order valence-corrected chi connectivity index (χ2v) is 2.39. The molecule has 1 aromatic heterocycles. The molecule has 4 heteroatoms. The van der Waals surface area contributed by atoms with E-state index in [-0.39, 0.29) is 0 Å². The Morgan fingerprint density at radius 3 is 2.91 bits per heavy atom. The van der Waals surface area contributed by atoms with E-state index in [1.807, 2.05) is 14.1 Å². The molecule has 0 radical (unpaired) electrons. The van der Waals surface area contributed by atoms with Crippen LogP contribution in [0.15, 0.2) is 10.7 Å². The Morgan fingerprint density at radius 1 is 1.73 bits per heavy atom. The van der Waals surface area contributed by atoms with Gasteiger partial charge in [-0.2, -0.15) is 4.98 Å². The van der Waals surface area contributed by atoms with Crippen LogP contribution < -0.4 is 4.90 Å². The molecule has 1 aromatic rings. The molecule has 0 spiro atoms. The van der Waals surface area contributed by atoms with Gasteiger partial charge in [0.15, 0.2) is 0 Å². The molecular formula is C7H10N2O2. The molecule has 0 unspecified atom stereocenters. The Bertz CT molecular complexity index is 242. The lowest BCUT2D eigenvalue weighted by Gasteiger charge is -2.03. The van der Waals surface area contributed by atoms with E-state index < -0.39 is 0 Å². The summed E-state index contributed by atoms with van der Waals surface area (Å²) in [6.45, 7) is 0. The van der Waals surface area contributed by atoms with Gasteiger partial charge in [0.2, 0.25) is 0 Å². The van der Waals surface area contributed by atoms with Gasteiger partial charge in [0, 0.05) is 20.5 Å². The van der Waals surface area contributed by atoms with Crippen LogP contribution in [0.4, 0.5) is 6.01 Å². The molecule has 0 saturated heterocycles. The van der Waals surface area contributed by atoms with Gasteiger partial charge in [0.1, 0.15) is 12.5 Å². The van der Waals surface area contributed by atoms with Crippen molar-refractivity contribution in [1.82, 2.24) is 4.98 Å². The first-order chi connectivity index (χ1) is 5.24. The van der Waals surface area contributed by atoms with Crippen molar-refractivity contribution in [1.29, 1.82) is 0 Å². The van der Waals surface area contributed by atoms with E-state index in [1.165, 1.54) is 6.26 Å². The van der Waals surface area contributed by atoms with Crippen LogP contribution in [0.25, 0.3) is 0 Å². The summed E-state index contributed by atoms with van der Waals surface area (Å²) in [6.07, 6.45) is 2.61. The van der Waals surface area contributed by atoms with Crippen molar-refractivity contribution < 1.29 is 9.21 Å². The Balaban J connectivity index is 2.73. The zero-order valence-electron chi connectivity index (χ0n) is 6.57. The highest BCUT2D eigenvalue weighted by Crippen LogP contribution is 2.09. The molecule has 0 fully saturated rings. The van der Waals surface area contributed by atoms with Gasteiger partial charge in [0.25, 0.3) is 6.01 Å². The van der Waals surface area contributed by atoms with Crippen molar-refractivity contribution in [2.24, 2.45) is 0 Å². The van der Waals surface area contributed by atoms with Crippen LogP contribution in [0.5, 0.6) is 0 Å². The van der Waals surface area contributed by atoms with Gasteiger partial charge in [-0.15, -0.1) is 0 Å². The summed E-state index contributed by atoms with van der Waals surface area (Å²) < 4.78 is 5.03. The number of anilines is 1. The number of aldehydes is 1. The molecule has 0 saturated carbocycles. The van der Waals surface area contributed by atoms with Crippen molar-refractivity contribution in [3.05, 3.63) is 12.0 Å². The number of oxazole rings is 1. The molecule has 0 aliphatic heterocycles. The summed E-state index contributed by atoms with van der Waals surface area (Å²) in [5.41, 5.74) is 0.670. The monoisotopic (exact) mass is 154 g/mol. The SMILES string of the molecule is CN(C)c1nc(CC=O)co1. The average Bonchev–Trinajstić information content (AvgIpc) is 2.37. The van der Waals surface area contributed by atoms with Gasteiger partial charge in [-0.1, -0.05) is 0 Å². The van der Waals surface area contributed by atoms with Gasteiger partial charge in [-0.25, -0.2) is 0 Å². The molecule has 0 N–H and O–H groups in total. The molecule has 1 rings (SSSR count). The molecule has 0 amide bonds. The first-order valence-corrected chi connectivity index (χ1v) is 3.29. The van der Waals surface area contributed by atoms with Crippen molar-refractivity contribution >= 4 is 12.3 Å². The topological polar surface area (TPSA) is 46.3 Å². The smallest absolute Gasteiger partial charge is 0.296 e. The van der Waals surface area contributed by atoms with E-state index in [4.69, 9.17) is 4.42 Å². The summed E-state index contributed by atoms with van der Waals surface area (Å²) in [5.74, 6) is 0. The van der Waals surface area contributed by atoms with E-state index in [0.717, 1.165) is 6.29 Å². The van der Waals surface area contributed by atoms with E-state index in [9.17, 15) is 4.79 Å². The van der Waals surface area contributed by atoms with Gasteiger partial charge in [0.05, 0.1) is 5.69 Å². The summed E-state index contributed by atoms with van der Waals surface area (Å²) >= 11 is 0. The van der Waals surface area contributed by atoms with Crippen LogP contribution in [-0.2, 0) is 11.2 Å². The average molecular weight is 154 g/mol. The minimum absolute atomic E-state index is 0.317. The molecule has 1 heterocycles. The predicted molar refractivity (Wildman–Crippen MR) is 40.6 cm³/mol. The van der Waals surface area contributed by atoms with Gasteiger partial charge < -0.3 is 14.1 Å². The number of hydrogen-bond acceptors (Lipinski definition) is 4. The predicted octanol–water partition coefficient (Wildman–Crippen LogP) is 0.482. The van der Waals surface area contributed by atoms with Crippen LogP contribution >= 0.6 is 0 Å². The highest BCUT2D eigenvalue weighted by molar-refractivity contribution is 5.53. The number of carbonyl (C=O) groups excluding carboxylic acids is 1. The van der Waals surface area contributed by atoms with Crippen LogP contribution in [-0.4, -0.2) is 25.4 Å². The Kier molecular flexibility index (Phi) is 2.25. The number of hydrogen-bond donors (Lipinski definition) is 0. The summed E-state index contributed by atoms with van der Waals surface area (Å²) in [4.78, 5) is 15.8. The van der Waals surface area contributed by atoms with E-state index in [2.05, 4.69) is 4.98 Å². The second kappa shape index (κ2) is 3.18. The van der Waals surface area contributed by atoms with Gasteiger partial charge >= 0.3 is 0 Å².